The molecule has 0 unspecified atom stereocenters. The molecule has 1 aliphatic rings. The Morgan fingerprint density at radius 3 is 2.62 bits per heavy atom. The topological polar surface area (TPSA) is 67.4 Å². The van der Waals surface area contributed by atoms with Crippen LogP contribution in [0.3, 0.4) is 0 Å². The summed E-state index contributed by atoms with van der Waals surface area (Å²) in [5.74, 6) is 1.29. The van der Waals surface area contributed by atoms with Crippen LogP contribution in [0, 0.1) is 5.92 Å². The predicted molar refractivity (Wildman–Crippen MR) is 83.1 cm³/mol. The zero-order valence-corrected chi connectivity index (χ0v) is 13.7. The largest absolute Gasteiger partial charge is 0.497 e. The van der Waals surface area contributed by atoms with Crippen molar-refractivity contribution in [2.45, 2.75) is 37.1 Å². The van der Waals surface area contributed by atoms with Crippen molar-refractivity contribution in [2.75, 3.05) is 20.7 Å². The molecule has 2 N–H and O–H groups in total. The molecule has 118 valence electrons. The minimum atomic E-state index is -3.46. The van der Waals surface area contributed by atoms with Gasteiger partial charge >= 0.3 is 0 Å². The lowest BCUT2D eigenvalue weighted by molar-refractivity contribution is 0.270. The van der Waals surface area contributed by atoms with Gasteiger partial charge in [-0.2, -0.15) is 0 Å². The smallest absolute Gasteiger partial charge is 0.241 e. The summed E-state index contributed by atoms with van der Waals surface area (Å²) >= 11 is 0. The third-order valence-electron chi connectivity index (χ3n) is 3.90. The molecular formula is C15H24N2O3S. The first-order chi connectivity index (χ1) is 9.96. The highest BCUT2D eigenvalue weighted by atomic mass is 32.2. The average Bonchev–Trinajstić information content (AvgIpc) is 2.42. The van der Waals surface area contributed by atoms with Gasteiger partial charge in [0, 0.05) is 6.04 Å². The second-order valence-corrected chi connectivity index (χ2v) is 7.40. The molecule has 0 amide bonds. The molecule has 21 heavy (non-hydrogen) atoms. The second-order valence-electron chi connectivity index (χ2n) is 5.72. The summed E-state index contributed by atoms with van der Waals surface area (Å²) in [7, 11) is -0.0309. The van der Waals surface area contributed by atoms with Crippen LogP contribution in [0.4, 0.5) is 0 Å². The maximum atomic E-state index is 12.6. The Morgan fingerprint density at radius 1 is 1.33 bits per heavy atom. The van der Waals surface area contributed by atoms with E-state index < -0.39 is 10.0 Å². The van der Waals surface area contributed by atoms with E-state index in [-0.39, 0.29) is 6.04 Å². The van der Waals surface area contributed by atoms with Gasteiger partial charge in [-0.05, 0) is 62.5 Å². The molecule has 0 saturated heterocycles. The number of nitrogens with one attached hydrogen (secondary N) is 2. The maximum absolute atomic E-state index is 12.6. The van der Waals surface area contributed by atoms with Crippen molar-refractivity contribution in [3.63, 3.8) is 0 Å². The van der Waals surface area contributed by atoms with Gasteiger partial charge < -0.3 is 10.1 Å². The summed E-state index contributed by atoms with van der Waals surface area (Å²) in [5.41, 5.74) is 0.781. The SMILES string of the molecule is CNCCc1cc(OC)ccc1S(=O)(=O)NC1CC(C)C1. The van der Waals surface area contributed by atoms with Gasteiger partial charge in [0.15, 0.2) is 0 Å². The van der Waals surface area contributed by atoms with E-state index in [4.69, 9.17) is 4.74 Å². The van der Waals surface area contributed by atoms with E-state index in [1.54, 1.807) is 25.3 Å². The van der Waals surface area contributed by atoms with Crippen LogP contribution in [0.2, 0.25) is 0 Å². The van der Waals surface area contributed by atoms with Crippen LogP contribution in [0.1, 0.15) is 25.3 Å². The van der Waals surface area contributed by atoms with Gasteiger partial charge in [-0.25, -0.2) is 13.1 Å². The van der Waals surface area contributed by atoms with Crippen molar-refractivity contribution >= 4 is 10.0 Å². The molecule has 0 aromatic heterocycles. The summed E-state index contributed by atoms with van der Waals surface area (Å²) in [6.45, 7) is 2.85. The standard InChI is InChI=1S/C15H24N2O3S/c1-11-8-13(9-11)17-21(18,19)15-5-4-14(20-3)10-12(15)6-7-16-2/h4-5,10-11,13,16-17H,6-9H2,1-3H3. The van der Waals surface area contributed by atoms with Crippen LogP contribution in [0.25, 0.3) is 0 Å². The normalized spacial score (nSPS) is 21.9. The van der Waals surface area contributed by atoms with Gasteiger partial charge in [-0.1, -0.05) is 6.92 Å². The molecule has 1 aromatic rings. The number of rotatable bonds is 7. The fourth-order valence-electron chi connectivity index (χ4n) is 2.68. The summed E-state index contributed by atoms with van der Waals surface area (Å²) in [4.78, 5) is 0.359. The van der Waals surface area contributed by atoms with E-state index in [0.717, 1.165) is 24.9 Å². The lowest BCUT2D eigenvalue weighted by atomic mass is 9.83. The van der Waals surface area contributed by atoms with Crippen LogP contribution in [-0.4, -0.2) is 35.2 Å². The van der Waals surface area contributed by atoms with E-state index in [0.29, 0.717) is 23.0 Å². The van der Waals surface area contributed by atoms with Crippen molar-refractivity contribution in [1.29, 1.82) is 0 Å². The van der Waals surface area contributed by atoms with Crippen LogP contribution in [0.15, 0.2) is 23.1 Å². The second kappa shape index (κ2) is 6.77. The molecule has 0 atom stereocenters. The molecule has 0 radical (unpaired) electrons. The highest BCUT2D eigenvalue weighted by molar-refractivity contribution is 7.89. The Bertz CT molecular complexity index is 581. The monoisotopic (exact) mass is 312 g/mol. The van der Waals surface area contributed by atoms with Gasteiger partial charge in [-0.3, -0.25) is 0 Å². The number of likely N-dealkylation sites (N-methyl/N-ethyl adjacent to an activating group) is 1. The molecule has 1 saturated carbocycles. The van der Waals surface area contributed by atoms with Crippen molar-refractivity contribution in [2.24, 2.45) is 5.92 Å². The third-order valence-corrected chi connectivity index (χ3v) is 5.52. The van der Waals surface area contributed by atoms with Crippen molar-refractivity contribution in [1.82, 2.24) is 10.0 Å². The highest BCUT2D eigenvalue weighted by Gasteiger charge is 2.30. The van der Waals surface area contributed by atoms with Crippen LogP contribution in [0.5, 0.6) is 5.75 Å². The zero-order valence-electron chi connectivity index (χ0n) is 12.8. The van der Waals surface area contributed by atoms with Crippen LogP contribution >= 0.6 is 0 Å². The molecular weight excluding hydrogens is 288 g/mol. The molecule has 1 aliphatic carbocycles. The van der Waals surface area contributed by atoms with Gasteiger partial charge in [0.25, 0.3) is 0 Å². The van der Waals surface area contributed by atoms with Crippen molar-refractivity contribution < 1.29 is 13.2 Å². The summed E-state index contributed by atoms with van der Waals surface area (Å²) in [5, 5.41) is 3.05. The fourth-order valence-corrected chi connectivity index (χ4v) is 4.19. The van der Waals surface area contributed by atoms with Crippen LogP contribution in [-0.2, 0) is 16.4 Å². The predicted octanol–water partition coefficient (Wildman–Crippen LogP) is 1.53. The Labute approximate surface area is 127 Å². The first kappa shape index (κ1) is 16.3. The first-order valence-electron chi connectivity index (χ1n) is 7.30. The Hall–Kier alpha value is -1.11. The molecule has 1 aromatic carbocycles. The van der Waals surface area contributed by atoms with Crippen LogP contribution < -0.4 is 14.8 Å². The average molecular weight is 312 g/mol. The summed E-state index contributed by atoms with van der Waals surface area (Å²) in [6, 6.07) is 5.20. The highest BCUT2D eigenvalue weighted by Crippen LogP contribution is 2.29. The van der Waals surface area contributed by atoms with Gasteiger partial charge in [-0.15, -0.1) is 0 Å². The maximum Gasteiger partial charge on any atom is 0.241 e. The molecule has 0 aliphatic heterocycles. The number of hydrogen-bond acceptors (Lipinski definition) is 4. The Morgan fingerprint density at radius 2 is 2.05 bits per heavy atom. The molecule has 2 rings (SSSR count). The molecule has 0 spiro atoms. The van der Waals surface area contributed by atoms with E-state index in [9.17, 15) is 8.42 Å². The fraction of sp³-hybridized carbons (Fsp3) is 0.600. The van der Waals surface area contributed by atoms with E-state index >= 15 is 0 Å². The third kappa shape index (κ3) is 3.96. The van der Waals surface area contributed by atoms with Crippen molar-refractivity contribution in [3.05, 3.63) is 23.8 Å². The van der Waals surface area contributed by atoms with Gasteiger partial charge in [0.05, 0.1) is 12.0 Å². The number of sulfonamides is 1. The minimum Gasteiger partial charge on any atom is -0.497 e. The Balaban J connectivity index is 2.23. The molecule has 5 nitrogen and oxygen atoms in total. The zero-order chi connectivity index (χ0) is 15.5. The first-order valence-corrected chi connectivity index (χ1v) is 8.78. The quantitative estimate of drug-likeness (QED) is 0.801. The molecule has 0 bridgehead atoms. The van der Waals surface area contributed by atoms with E-state index in [1.165, 1.54) is 0 Å². The Kier molecular flexibility index (Phi) is 5.24. The lowest BCUT2D eigenvalue weighted by Gasteiger charge is -2.33. The molecule has 1 fully saturated rings. The minimum absolute atomic E-state index is 0.0734. The van der Waals surface area contributed by atoms with E-state index in [2.05, 4.69) is 17.0 Å². The lowest BCUT2D eigenvalue weighted by Crippen LogP contribution is -2.43. The molecule has 6 heteroatoms. The molecule has 0 heterocycles. The van der Waals surface area contributed by atoms with Crippen molar-refractivity contribution in [3.8, 4) is 5.75 Å². The van der Waals surface area contributed by atoms with Gasteiger partial charge in [0.2, 0.25) is 10.0 Å². The summed E-state index contributed by atoms with van der Waals surface area (Å²) in [6.07, 6.45) is 2.48. The number of hydrogen-bond donors (Lipinski definition) is 2. The number of ether oxygens (including phenoxy) is 1. The number of methoxy groups -OCH3 is 1. The van der Waals surface area contributed by atoms with E-state index in [1.807, 2.05) is 7.05 Å². The van der Waals surface area contributed by atoms with Gasteiger partial charge in [0.1, 0.15) is 5.75 Å². The number of benzene rings is 1. The summed E-state index contributed by atoms with van der Waals surface area (Å²) < 4.78 is 33.1.